The standard InChI is InChI=1S/C13H10Cl3NO/c14-7-1-3-11(16)9(5-7)13(18)10-6-8(15)2-4-12(10)17/h1-6,13,18H,17H2. The van der Waals surface area contributed by atoms with E-state index in [2.05, 4.69) is 0 Å². The average molecular weight is 303 g/mol. The maximum Gasteiger partial charge on any atom is 0.108 e. The van der Waals surface area contributed by atoms with E-state index in [0.717, 1.165) is 0 Å². The molecule has 0 aliphatic carbocycles. The Morgan fingerprint density at radius 1 is 0.889 bits per heavy atom. The third-order valence-corrected chi connectivity index (χ3v) is 3.41. The first-order valence-electron chi connectivity index (χ1n) is 5.17. The molecule has 3 N–H and O–H groups in total. The fourth-order valence-electron chi connectivity index (χ4n) is 1.67. The second-order valence-corrected chi connectivity index (χ2v) is 5.12. The van der Waals surface area contributed by atoms with Gasteiger partial charge >= 0.3 is 0 Å². The van der Waals surface area contributed by atoms with Crippen molar-refractivity contribution in [3.05, 3.63) is 62.6 Å². The molecule has 0 aliphatic rings. The summed E-state index contributed by atoms with van der Waals surface area (Å²) in [6.07, 6.45) is -0.963. The zero-order valence-corrected chi connectivity index (χ0v) is 11.5. The summed E-state index contributed by atoms with van der Waals surface area (Å²) in [6, 6.07) is 9.80. The van der Waals surface area contributed by atoms with Gasteiger partial charge in [-0.2, -0.15) is 0 Å². The number of rotatable bonds is 2. The van der Waals surface area contributed by atoms with Gasteiger partial charge < -0.3 is 10.8 Å². The molecular formula is C13H10Cl3NO. The van der Waals surface area contributed by atoms with Crippen LogP contribution in [-0.2, 0) is 0 Å². The lowest BCUT2D eigenvalue weighted by molar-refractivity contribution is 0.221. The Morgan fingerprint density at radius 2 is 1.44 bits per heavy atom. The molecule has 0 radical (unpaired) electrons. The zero-order chi connectivity index (χ0) is 13.3. The first kappa shape index (κ1) is 13.5. The van der Waals surface area contributed by atoms with E-state index in [-0.39, 0.29) is 0 Å². The molecule has 18 heavy (non-hydrogen) atoms. The molecule has 5 heteroatoms. The van der Waals surface area contributed by atoms with Gasteiger partial charge in [0.2, 0.25) is 0 Å². The molecule has 1 atom stereocenters. The van der Waals surface area contributed by atoms with E-state index in [1.807, 2.05) is 0 Å². The summed E-state index contributed by atoms with van der Waals surface area (Å²) >= 11 is 17.8. The predicted molar refractivity (Wildman–Crippen MR) is 76.4 cm³/mol. The molecular weight excluding hydrogens is 293 g/mol. The molecule has 2 aromatic rings. The van der Waals surface area contributed by atoms with E-state index in [0.29, 0.717) is 31.9 Å². The first-order chi connectivity index (χ1) is 8.49. The van der Waals surface area contributed by atoms with Gasteiger partial charge in [0.15, 0.2) is 0 Å². The predicted octanol–water partition coefficient (Wildman–Crippen LogP) is 4.31. The summed E-state index contributed by atoms with van der Waals surface area (Å²) in [5, 5.41) is 11.7. The molecule has 0 bridgehead atoms. The number of halogens is 3. The molecule has 2 nitrogen and oxygen atoms in total. The minimum atomic E-state index is -0.963. The van der Waals surface area contributed by atoms with Crippen LogP contribution in [0.2, 0.25) is 15.1 Å². The highest BCUT2D eigenvalue weighted by atomic mass is 35.5. The van der Waals surface area contributed by atoms with E-state index in [1.54, 1.807) is 36.4 Å². The highest BCUT2D eigenvalue weighted by Gasteiger charge is 2.17. The maximum atomic E-state index is 10.3. The number of anilines is 1. The lowest BCUT2D eigenvalue weighted by Crippen LogP contribution is -2.04. The van der Waals surface area contributed by atoms with Crippen molar-refractivity contribution in [1.82, 2.24) is 0 Å². The second-order valence-electron chi connectivity index (χ2n) is 3.84. The second kappa shape index (κ2) is 5.37. The Morgan fingerprint density at radius 3 is 2.11 bits per heavy atom. The van der Waals surface area contributed by atoms with Crippen LogP contribution in [0.1, 0.15) is 17.2 Å². The van der Waals surface area contributed by atoms with Crippen LogP contribution in [0.25, 0.3) is 0 Å². The van der Waals surface area contributed by atoms with Gasteiger partial charge in [0.1, 0.15) is 6.10 Å². The minimum Gasteiger partial charge on any atom is -0.398 e. The van der Waals surface area contributed by atoms with Crippen molar-refractivity contribution in [3.8, 4) is 0 Å². The Kier molecular flexibility index (Phi) is 4.03. The van der Waals surface area contributed by atoms with Gasteiger partial charge in [-0.3, -0.25) is 0 Å². The molecule has 1 unspecified atom stereocenters. The largest absolute Gasteiger partial charge is 0.398 e. The number of hydrogen-bond donors (Lipinski definition) is 2. The quantitative estimate of drug-likeness (QED) is 0.812. The maximum absolute atomic E-state index is 10.3. The molecule has 0 aromatic heterocycles. The summed E-state index contributed by atoms with van der Waals surface area (Å²) in [4.78, 5) is 0. The number of hydrogen-bond acceptors (Lipinski definition) is 2. The minimum absolute atomic E-state index is 0.422. The van der Waals surface area contributed by atoms with Crippen LogP contribution < -0.4 is 5.73 Å². The molecule has 0 amide bonds. The van der Waals surface area contributed by atoms with Crippen LogP contribution in [0.5, 0.6) is 0 Å². The van der Waals surface area contributed by atoms with Crippen LogP contribution in [-0.4, -0.2) is 5.11 Å². The number of aliphatic hydroxyl groups excluding tert-OH is 1. The van der Waals surface area contributed by atoms with Crippen molar-refractivity contribution in [3.63, 3.8) is 0 Å². The van der Waals surface area contributed by atoms with Crippen molar-refractivity contribution in [2.75, 3.05) is 5.73 Å². The number of benzene rings is 2. The number of nitrogen functional groups attached to an aromatic ring is 1. The Balaban J connectivity index is 2.50. The van der Waals surface area contributed by atoms with Gasteiger partial charge in [-0.1, -0.05) is 34.8 Å². The fraction of sp³-hybridized carbons (Fsp3) is 0.0769. The first-order valence-corrected chi connectivity index (χ1v) is 6.30. The van der Waals surface area contributed by atoms with Gasteiger partial charge in [0, 0.05) is 31.9 Å². The van der Waals surface area contributed by atoms with Gasteiger partial charge in [0.05, 0.1) is 0 Å². The lowest BCUT2D eigenvalue weighted by atomic mass is 10.00. The van der Waals surface area contributed by atoms with E-state index < -0.39 is 6.10 Å². The van der Waals surface area contributed by atoms with Crippen LogP contribution in [0, 0.1) is 0 Å². The van der Waals surface area contributed by atoms with Crippen molar-refractivity contribution in [1.29, 1.82) is 0 Å². The third-order valence-electron chi connectivity index (χ3n) is 2.60. The summed E-state index contributed by atoms with van der Waals surface area (Å²) in [5.74, 6) is 0. The summed E-state index contributed by atoms with van der Waals surface area (Å²) < 4.78 is 0. The molecule has 0 heterocycles. The van der Waals surface area contributed by atoms with Crippen molar-refractivity contribution in [2.45, 2.75) is 6.10 Å². The van der Waals surface area contributed by atoms with Crippen LogP contribution in [0.4, 0.5) is 5.69 Å². The van der Waals surface area contributed by atoms with Crippen LogP contribution >= 0.6 is 34.8 Å². The van der Waals surface area contributed by atoms with Gasteiger partial charge in [-0.25, -0.2) is 0 Å². The molecule has 0 saturated carbocycles. The Bertz CT molecular complexity index is 535. The van der Waals surface area contributed by atoms with Gasteiger partial charge in [0.25, 0.3) is 0 Å². The van der Waals surface area contributed by atoms with Gasteiger partial charge in [-0.05, 0) is 36.4 Å². The smallest absolute Gasteiger partial charge is 0.108 e. The molecule has 0 aliphatic heterocycles. The molecule has 0 spiro atoms. The summed E-state index contributed by atoms with van der Waals surface area (Å²) in [5.41, 5.74) is 7.27. The third kappa shape index (κ3) is 2.73. The molecule has 0 saturated heterocycles. The molecule has 94 valence electrons. The SMILES string of the molecule is Nc1ccc(Cl)cc1C(O)c1cc(Cl)ccc1Cl. The summed E-state index contributed by atoms with van der Waals surface area (Å²) in [6.45, 7) is 0. The normalized spacial score (nSPS) is 12.4. The molecule has 2 aromatic carbocycles. The zero-order valence-electron chi connectivity index (χ0n) is 9.20. The van der Waals surface area contributed by atoms with E-state index in [4.69, 9.17) is 40.5 Å². The lowest BCUT2D eigenvalue weighted by Gasteiger charge is -2.16. The summed E-state index contributed by atoms with van der Waals surface area (Å²) in [7, 11) is 0. The number of nitrogens with two attached hydrogens (primary N) is 1. The van der Waals surface area contributed by atoms with Crippen molar-refractivity contribution in [2.24, 2.45) is 0 Å². The highest BCUT2D eigenvalue weighted by molar-refractivity contribution is 6.33. The Labute approximate surface area is 120 Å². The van der Waals surface area contributed by atoms with Crippen LogP contribution in [0.15, 0.2) is 36.4 Å². The van der Waals surface area contributed by atoms with Crippen LogP contribution in [0.3, 0.4) is 0 Å². The topological polar surface area (TPSA) is 46.2 Å². The average Bonchev–Trinajstić information content (AvgIpc) is 2.34. The monoisotopic (exact) mass is 301 g/mol. The van der Waals surface area contributed by atoms with Gasteiger partial charge in [-0.15, -0.1) is 0 Å². The number of aliphatic hydroxyl groups is 1. The fourth-order valence-corrected chi connectivity index (χ4v) is 2.26. The highest BCUT2D eigenvalue weighted by Crippen LogP contribution is 2.34. The molecule has 2 rings (SSSR count). The van der Waals surface area contributed by atoms with E-state index >= 15 is 0 Å². The Hall–Kier alpha value is -0.930. The van der Waals surface area contributed by atoms with Crippen molar-refractivity contribution < 1.29 is 5.11 Å². The molecule has 0 fully saturated rings. The van der Waals surface area contributed by atoms with Crippen molar-refractivity contribution >= 4 is 40.5 Å². The van der Waals surface area contributed by atoms with E-state index in [1.165, 1.54) is 0 Å². The van der Waals surface area contributed by atoms with E-state index in [9.17, 15) is 5.11 Å².